The number of oxazole rings is 1. The van der Waals surface area contributed by atoms with Gasteiger partial charge in [0.15, 0.2) is 4.21 Å². The summed E-state index contributed by atoms with van der Waals surface area (Å²) >= 11 is 7.24. The Kier molecular flexibility index (Phi) is 6.50. The molecule has 0 aliphatic carbocycles. The van der Waals surface area contributed by atoms with E-state index in [9.17, 15) is 13.2 Å². The summed E-state index contributed by atoms with van der Waals surface area (Å²) in [4.78, 5) is 18.5. The Bertz CT molecular complexity index is 1470. The van der Waals surface area contributed by atoms with Gasteiger partial charge in [-0.05, 0) is 30.5 Å². The van der Waals surface area contributed by atoms with Crippen molar-refractivity contribution in [2.75, 3.05) is 19.6 Å². The first-order valence-electron chi connectivity index (χ1n) is 11.5. The maximum absolute atomic E-state index is 14.3. The lowest BCUT2D eigenvalue weighted by molar-refractivity contribution is -0.726. The summed E-state index contributed by atoms with van der Waals surface area (Å²) in [5.74, 6) is 5.84. The lowest BCUT2D eigenvalue weighted by Gasteiger charge is -2.38. The summed E-state index contributed by atoms with van der Waals surface area (Å²) in [6.45, 7) is 4.72. The molecule has 4 heterocycles. The van der Waals surface area contributed by atoms with Crippen LogP contribution in [0.5, 0.6) is 0 Å². The highest BCUT2D eigenvalue weighted by Gasteiger charge is 2.56. The first kappa shape index (κ1) is 24.4. The zero-order valence-corrected chi connectivity index (χ0v) is 21.8. The van der Waals surface area contributed by atoms with Gasteiger partial charge >= 0.3 is 21.8 Å². The molecule has 1 fully saturated rings. The molecule has 0 saturated carbocycles. The number of nitrogens with zero attached hydrogens (tertiary/aromatic N) is 2. The van der Waals surface area contributed by atoms with Crippen LogP contribution in [0.25, 0.3) is 10.1 Å². The molecule has 8 nitrogen and oxygen atoms in total. The Labute approximate surface area is 213 Å². The molecule has 3 aromatic rings. The highest BCUT2D eigenvalue weighted by Crippen LogP contribution is 2.37. The van der Waals surface area contributed by atoms with E-state index in [-0.39, 0.29) is 29.2 Å². The summed E-state index contributed by atoms with van der Waals surface area (Å²) in [5.41, 5.74) is 0.698. The van der Waals surface area contributed by atoms with Gasteiger partial charge in [0.05, 0.1) is 12.2 Å². The van der Waals surface area contributed by atoms with Crippen molar-refractivity contribution in [3.8, 4) is 11.8 Å². The van der Waals surface area contributed by atoms with Gasteiger partial charge in [-0.2, -0.15) is 8.42 Å². The number of thiophene rings is 1. The van der Waals surface area contributed by atoms with Crippen molar-refractivity contribution < 1.29 is 21.5 Å². The smallest absolute Gasteiger partial charge is 0.417 e. The van der Waals surface area contributed by atoms with Gasteiger partial charge in [0.25, 0.3) is 0 Å². The molecule has 0 radical (unpaired) electrons. The Morgan fingerprint density at radius 3 is 2.97 bits per heavy atom. The van der Waals surface area contributed by atoms with E-state index in [1.165, 1.54) is 0 Å². The second-order valence-corrected chi connectivity index (χ2v) is 12.7. The largest absolute Gasteiger partial charge is 0.433 e. The summed E-state index contributed by atoms with van der Waals surface area (Å²) in [6.07, 6.45) is 1.25. The average molecular weight is 534 g/mol. The number of carbonyl (C=O) groups excluding carboxylic acids is 1. The average Bonchev–Trinajstić information content (AvgIpc) is 3.46. The zero-order valence-electron chi connectivity index (χ0n) is 19.4. The molecular weight excluding hydrogens is 508 g/mol. The Balaban J connectivity index is 1.63. The minimum atomic E-state index is -4.18. The van der Waals surface area contributed by atoms with Gasteiger partial charge in [-0.15, -0.1) is 21.1 Å². The van der Waals surface area contributed by atoms with E-state index in [1.807, 2.05) is 13.8 Å². The molecule has 0 bridgehead atoms. The number of aromatic nitrogens is 1. The van der Waals surface area contributed by atoms with E-state index in [0.29, 0.717) is 42.4 Å². The topological polar surface area (TPSA) is 101 Å². The number of sulfonamides is 1. The van der Waals surface area contributed by atoms with Crippen molar-refractivity contribution in [1.82, 2.24) is 15.6 Å². The molecule has 184 valence electrons. The molecule has 3 unspecified atom stereocenters. The lowest BCUT2D eigenvalue weighted by Crippen LogP contribution is -2.67. The number of halogens is 1. The first-order chi connectivity index (χ1) is 16.7. The second kappa shape index (κ2) is 9.32. The minimum absolute atomic E-state index is 0.0368. The van der Waals surface area contributed by atoms with Gasteiger partial charge in [-0.25, -0.2) is 9.78 Å². The molecule has 2 aliphatic rings. The molecule has 2 N–H and O–H groups in total. The third-order valence-corrected chi connectivity index (χ3v) is 10.5. The number of hydrogen-bond acceptors (Lipinski definition) is 8. The van der Waals surface area contributed by atoms with Gasteiger partial charge < -0.3 is 9.73 Å². The number of rotatable bonds is 3. The lowest BCUT2D eigenvalue weighted by atomic mass is 10.1. The molecule has 2 aliphatic heterocycles. The van der Waals surface area contributed by atoms with Crippen molar-refractivity contribution >= 4 is 49.0 Å². The van der Waals surface area contributed by atoms with Crippen molar-refractivity contribution in [3.63, 3.8) is 0 Å². The summed E-state index contributed by atoms with van der Waals surface area (Å²) in [7, 11) is -4.18. The molecule has 2 aromatic heterocycles. The first-order valence-corrected chi connectivity index (χ1v) is 14.2. The Hall–Kier alpha value is -2.26. The van der Waals surface area contributed by atoms with Crippen LogP contribution in [0.4, 0.5) is 0 Å². The van der Waals surface area contributed by atoms with E-state index in [1.54, 1.807) is 24.3 Å². The van der Waals surface area contributed by atoms with E-state index >= 15 is 0 Å². The van der Waals surface area contributed by atoms with E-state index in [2.05, 4.69) is 27.5 Å². The molecule has 11 heteroatoms. The quantitative estimate of drug-likeness (QED) is 0.393. The van der Waals surface area contributed by atoms with E-state index < -0.39 is 25.9 Å². The maximum Gasteiger partial charge on any atom is 0.417 e. The standard InChI is InChI=1S/C24H26ClN4O4S2/c1-3-4-5-18-14-29(9-8-26-18,24(30)23-28-19-10-15(2)27-13-20(19)33-23)35(31,32)22-11-16-6-7-17(25)12-21(16)34-22/h6-7,11-12,15,18,26-27H,3,8-10,13-14H2,1-2H3/q+1. The maximum atomic E-state index is 14.3. The number of quaternary nitrogens is 1. The fourth-order valence-electron chi connectivity index (χ4n) is 4.56. The second-order valence-electron chi connectivity index (χ2n) is 8.88. The molecule has 1 aromatic carbocycles. The number of fused-ring (bicyclic) bond motifs is 2. The fraction of sp³-hybridized carbons (Fsp3) is 0.417. The van der Waals surface area contributed by atoms with Gasteiger partial charge in [0, 0.05) is 35.2 Å². The van der Waals surface area contributed by atoms with Gasteiger partial charge in [-0.3, -0.25) is 5.32 Å². The Morgan fingerprint density at radius 1 is 1.34 bits per heavy atom. The van der Waals surface area contributed by atoms with Crippen molar-refractivity contribution in [1.29, 1.82) is 0 Å². The summed E-state index contributed by atoms with van der Waals surface area (Å²) in [6, 6.07) is 6.58. The predicted molar refractivity (Wildman–Crippen MR) is 135 cm³/mol. The number of nitrogens with one attached hydrogen (secondary N) is 2. The third-order valence-electron chi connectivity index (χ3n) is 6.41. The van der Waals surface area contributed by atoms with Crippen molar-refractivity contribution in [3.05, 3.63) is 46.6 Å². The van der Waals surface area contributed by atoms with Crippen LogP contribution < -0.4 is 10.6 Å². The molecule has 3 atom stereocenters. The molecule has 1 saturated heterocycles. The van der Waals surface area contributed by atoms with Crippen LogP contribution in [0.3, 0.4) is 0 Å². The van der Waals surface area contributed by atoms with Gasteiger partial charge in [0.2, 0.25) is 0 Å². The van der Waals surface area contributed by atoms with Crippen molar-refractivity contribution in [2.45, 2.75) is 49.5 Å². The van der Waals surface area contributed by atoms with Crippen LogP contribution in [0.15, 0.2) is 32.9 Å². The number of hydrogen-bond donors (Lipinski definition) is 2. The van der Waals surface area contributed by atoms with Crippen LogP contribution in [0.1, 0.15) is 42.4 Å². The normalized spacial score (nSPS) is 24.5. The fourth-order valence-corrected chi connectivity index (χ4v) is 8.34. The molecular formula is C24H26ClN4O4S2+. The van der Waals surface area contributed by atoms with Crippen LogP contribution in [-0.2, 0) is 23.0 Å². The number of benzene rings is 1. The summed E-state index contributed by atoms with van der Waals surface area (Å²) in [5, 5.41) is 7.80. The number of carbonyl (C=O) groups is 1. The van der Waals surface area contributed by atoms with Crippen molar-refractivity contribution in [2.24, 2.45) is 0 Å². The van der Waals surface area contributed by atoms with E-state index in [4.69, 9.17) is 16.0 Å². The van der Waals surface area contributed by atoms with Crippen LogP contribution >= 0.6 is 22.9 Å². The predicted octanol–water partition coefficient (Wildman–Crippen LogP) is 3.31. The molecule has 1 amide bonds. The molecule has 5 rings (SSSR count). The van der Waals surface area contributed by atoms with Crippen LogP contribution in [-0.4, -0.2) is 54.9 Å². The highest BCUT2D eigenvalue weighted by molar-refractivity contribution is 7.88. The minimum Gasteiger partial charge on any atom is -0.433 e. The van der Waals surface area contributed by atoms with Gasteiger partial charge in [-0.1, -0.05) is 30.5 Å². The molecule has 35 heavy (non-hydrogen) atoms. The van der Waals surface area contributed by atoms with E-state index in [0.717, 1.165) is 21.4 Å². The SMILES string of the molecule is CCC#CC1C[N+](C(=O)c2nc3c(o2)CNC(C)C3)(S(=O)(=O)c2cc3ccc(Cl)cc3s2)CCN1. The van der Waals surface area contributed by atoms with Crippen LogP contribution in [0.2, 0.25) is 5.02 Å². The Morgan fingerprint density at radius 2 is 2.17 bits per heavy atom. The van der Waals surface area contributed by atoms with Crippen LogP contribution in [0, 0.1) is 11.8 Å². The number of piperazine rings is 1. The highest BCUT2D eigenvalue weighted by atomic mass is 35.5. The summed E-state index contributed by atoms with van der Waals surface area (Å²) < 4.78 is 34.4. The molecule has 0 spiro atoms. The van der Waals surface area contributed by atoms with Gasteiger partial charge in [0.1, 0.15) is 24.9 Å². The number of amides is 1. The third kappa shape index (κ3) is 4.31. The zero-order chi connectivity index (χ0) is 24.8. The monoisotopic (exact) mass is 533 g/mol.